The zero-order valence-corrected chi connectivity index (χ0v) is 14.2. The van der Waals surface area contributed by atoms with Crippen LogP contribution in [0.2, 0.25) is 0 Å². The second-order valence-corrected chi connectivity index (χ2v) is 6.30. The molecule has 3 saturated heterocycles. The first-order valence-electron chi connectivity index (χ1n) is 8.91. The van der Waals surface area contributed by atoms with Gasteiger partial charge in [-0.25, -0.2) is 0 Å². The first kappa shape index (κ1) is 17.0. The van der Waals surface area contributed by atoms with Crippen molar-refractivity contribution in [3.63, 3.8) is 0 Å². The van der Waals surface area contributed by atoms with Crippen LogP contribution >= 0.6 is 0 Å². The normalized spacial score (nSPS) is 30.7. The zero-order valence-electron chi connectivity index (χ0n) is 14.2. The predicted octanol–water partition coefficient (Wildman–Crippen LogP) is -0.226. The van der Waals surface area contributed by atoms with E-state index in [-0.39, 0.29) is 6.10 Å². The third kappa shape index (κ3) is 4.79. The number of hydrogen-bond donors (Lipinski definition) is 1. The van der Waals surface area contributed by atoms with Gasteiger partial charge in [0.15, 0.2) is 5.96 Å². The molecule has 3 heterocycles. The van der Waals surface area contributed by atoms with Crippen LogP contribution in [-0.4, -0.2) is 100 Å². The molecule has 0 radical (unpaired) electrons. The average molecular weight is 326 g/mol. The number of likely N-dealkylation sites (tertiary alicyclic amines) is 1. The van der Waals surface area contributed by atoms with Crippen LogP contribution in [0.15, 0.2) is 4.99 Å². The zero-order chi connectivity index (χ0) is 15.9. The Morgan fingerprint density at radius 3 is 2.74 bits per heavy atom. The first-order chi connectivity index (χ1) is 11.4. The molecule has 0 aromatic heterocycles. The number of morpholine rings is 1. The molecule has 0 aromatic rings. The lowest BCUT2D eigenvalue weighted by atomic mass is 10.2. The number of aliphatic imine (C=N–C) groups is 1. The Morgan fingerprint density at radius 2 is 2.00 bits per heavy atom. The van der Waals surface area contributed by atoms with Crippen LogP contribution in [0.4, 0.5) is 0 Å². The number of hydrogen-bond acceptors (Lipinski definition) is 5. The minimum atomic E-state index is 0.0926. The number of guanidine groups is 1. The van der Waals surface area contributed by atoms with Crippen LogP contribution < -0.4 is 5.32 Å². The van der Waals surface area contributed by atoms with E-state index in [1.807, 2.05) is 0 Å². The SMILES string of the molecule is CCNC(=NCC1COCCO1)N1CCC(N2CCOCC2)C1. The van der Waals surface area contributed by atoms with E-state index in [4.69, 9.17) is 19.2 Å². The third-order valence-corrected chi connectivity index (χ3v) is 4.69. The minimum Gasteiger partial charge on any atom is -0.379 e. The summed E-state index contributed by atoms with van der Waals surface area (Å²) in [7, 11) is 0. The van der Waals surface area contributed by atoms with Crippen molar-refractivity contribution in [2.75, 3.05) is 72.3 Å². The van der Waals surface area contributed by atoms with E-state index in [1.54, 1.807) is 0 Å². The predicted molar refractivity (Wildman–Crippen MR) is 88.9 cm³/mol. The van der Waals surface area contributed by atoms with Gasteiger partial charge in [-0.2, -0.15) is 0 Å². The molecule has 2 unspecified atom stereocenters. The molecule has 23 heavy (non-hydrogen) atoms. The average Bonchev–Trinajstić information content (AvgIpc) is 3.10. The van der Waals surface area contributed by atoms with Gasteiger partial charge in [0.1, 0.15) is 6.10 Å². The Hall–Kier alpha value is -0.890. The minimum absolute atomic E-state index is 0.0926. The fraction of sp³-hybridized carbons (Fsp3) is 0.938. The summed E-state index contributed by atoms with van der Waals surface area (Å²) in [6.45, 7) is 11.7. The summed E-state index contributed by atoms with van der Waals surface area (Å²) in [6, 6.07) is 0.622. The van der Waals surface area contributed by atoms with Crippen molar-refractivity contribution in [3.8, 4) is 0 Å². The maximum Gasteiger partial charge on any atom is 0.194 e. The molecule has 0 aromatic carbocycles. The monoisotopic (exact) mass is 326 g/mol. The van der Waals surface area contributed by atoms with Gasteiger partial charge in [0.05, 0.1) is 39.6 Å². The molecule has 0 aliphatic carbocycles. The lowest BCUT2D eigenvalue weighted by Gasteiger charge is -2.32. The summed E-state index contributed by atoms with van der Waals surface area (Å²) in [4.78, 5) is 9.72. The van der Waals surface area contributed by atoms with Gasteiger partial charge in [-0.15, -0.1) is 0 Å². The maximum absolute atomic E-state index is 5.68. The number of rotatable bonds is 4. The molecular formula is C16H30N4O3. The van der Waals surface area contributed by atoms with Crippen molar-refractivity contribution >= 4 is 5.96 Å². The highest BCUT2D eigenvalue weighted by Crippen LogP contribution is 2.17. The highest BCUT2D eigenvalue weighted by atomic mass is 16.6. The van der Waals surface area contributed by atoms with Crippen LogP contribution in [0.3, 0.4) is 0 Å². The number of ether oxygens (including phenoxy) is 3. The Morgan fingerprint density at radius 1 is 1.13 bits per heavy atom. The van der Waals surface area contributed by atoms with Crippen molar-refractivity contribution in [3.05, 3.63) is 0 Å². The number of nitrogens with one attached hydrogen (secondary N) is 1. The molecule has 1 N–H and O–H groups in total. The van der Waals surface area contributed by atoms with Gasteiger partial charge in [-0.3, -0.25) is 9.89 Å². The van der Waals surface area contributed by atoms with Gasteiger partial charge in [0.2, 0.25) is 0 Å². The highest BCUT2D eigenvalue weighted by Gasteiger charge is 2.30. The summed E-state index contributed by atoms with van der Waals surface area (Å²) in [5, 5.41) is 3.42. The van der Waals surface area contributed by atoms with Crippen LogP contribution in [0.25, 0.3) is 0 Å². The second kappa shape index (κ2) is 8.82. The molecule has 0 spiro atoms. The molecule has 3 fully saturated rings. The molecule has 0 saturated carbocycles. The molecule has 3 aliphatic rings. The van der Waals surface area contributed by atoms with E-state index >= 15 is 0 Å². The van der Waals surface area contributed by atoms with E-state index in [2.05, 4.69) is 22.0 Å². The molecule has 0 amide bonds. The quantitative estimate of drug-likeness (QED) is 0.569. The van der Waals surface area contributed by atoms with E-state index < -0.39 is 0 Å². The molecule has 3 aliphatic heterocycles. The van der Waals surface area contributed by atoms with Crippen LogP contribution in [0.1, 0.15) is 13.3 Å². The van der Waals surface area contributed by atoms with Crippen molar-refractivity contribution in [1.82, 2.24) is 15.1 Å². The van der Waals surface area contributed by atoms with Gasteiger partial charge in [0, 0.05) is 38.8 Å². The Balaban J connectivity index is 1.53. The standard InChI is InChI=1S/C16H30N4O3/c1-2-17-16(18-11-15-13-22-9-10-23-15)20-4-3-14(12-20)19-5-7-21-8-6-19/h14-15H,2-13H2,1H3,(H,17,18). The Kier molecular flexibility index (Phi) is 6.50. The van der Waals surface area contributed by atoms with Crippen LogP contribution in [0, 0.1) is 0 Å². The molecular weight excluding hydrogens is 296 g/mol. The summed E-state index contributed by atoms with van der Waals surface area (Å²) in [5.74, 6) is 1.01. The summed E-state index contributed by atoms with van der Waals surface area (Å²) in [5.41, 5.74) is 0. The summed E-state index contributed by atoms with van der Waals surface area (Å²) >= 11 is 0. The summed E-state index contributed by atoms with van der Waals surface area (Å²) in [6.07, 6.45) is 1.29. The van der Waals surface area contributed by atoms with E-state index in [9.17, 15) is 0 Å². The van der Waals surface area contributed by atoms with Gasteiger partial charge < -0.3 is 24.4 Å². The van der Waals surface area contributed by atoms with Crippen molar-refractivity contribution in [1.29, 1.82) is 0 Å². The molecule has 7 nitrogen and oxygen atoms in total. The van der Waals surface area contributed by atoms with Crippen molar-refractivity contribution < 1.29 is 14.2 Å². The number of nitrogens with zero attached hydrogens (tertiary/aromatic N) is 3. The largest absolute Gasteiger partial charge is 0.379 e. The maximum atomic E-state index is 5.68. The van der Waals surface area contributed by atoms with Crippen molar-refractivity contribution in [2.45, 2.75) is 25.5 Å². The van der Waals surface area contributed by atoms with E-state index in [1.165, 1.54) is 6.42 Å². The third-order valence-electron chi connectivity index (χ3n) is 4.69. The van der Waals surface area contributed by atoms with Crippen molar-refractivity contribution in [2.24, 2.45) is 4.99 Å². The molecule has 7 heteroatoms. The lowest BCUT2D eigenvalue weighted by Crippen LogP contribution is -2.47. The smallest absolute Gasteiger partial charge is 0.194 e. The van der Waals surface area contributed by atoms with Crippen LogP contribution in [0.5, 0.6) is 0 Å². The van der Waals surface area contributed by atoms with Gasteiger partial charge in [-0.05, 0) is 13.3 Å². The van der Waals surface area contributed by atoms with Gasteiger partial charge in [-0.1, -0.05) is 0 Å². The molecule has 0 bridgehead atoms. The summed E-state index contributed by atoms with van der Waals surface area (Å²) < 4.78 is 16.6. The lowest BCUT2D eigenvalue weighted by molar-refractivity contribution is -0.0833. The highest BCUT2D eigenvalue weighted by molar-refractivity contribution is 5.80. The van der Waals surface area contributed by atoms with Gasteiger partial charge >= 0.3 is 0 Å². The first-order valence-corrected chi connectivity index (χ1v) is 8.91. The van der Waals surface area contributed by atoms with Gasteiger partial charge in [0.25, 0.3) is 0 Å². The Bertz CT molecular complexity index is 382. The fourth-order valence-electron chi connectivity index (χ4n) is 3.43. The molecule has 3 rings (SSSR count). The fourth-order valence-corrected chi connectivity index (χ4v) is 3.43. The van der Waals surface area contributed by atoms with E-state index in [0.29, 0.717) is 32.4 Å². The molecule has 132 valence electrons. The second-order valence-electron chi connectivity index (χ2n) is 6.30. The topological polar surface area (TPSA) is 58.6 Å². The Labute approximate surface area is 139 Å². The molecule has 2 atom stereocenters. The van der Waals surface area contributed by atoms with Crippen LogP contribution in [-0.2, 0) is 14.2 Å². The van der Waals surface area contributed by atoms with E-state index in [0.717, 1.165) is 51.9 Å².